The molecule has 18 heteroatoms. The first-order valence-electron chi connectivity index (χ1n) is 16.6. The number of benzene rings is 2. The number of para-hydroxylation sites is 1. The number of hydrogen-bond acceptors (Lipinski definition) is 12. The predicted octanol–water partition coefficient (Wildman–Crippen LogP) is 5.67. The van der Waals surface area contributed by atoms with Gasteiger partial charge in [0.05, 0.1) is 36.0 Å². The molecule has 2 amide bonds. The van der Waals surface area contributed by atoms with Crippen molar-refractivity contribution in [2.45, 2.75) is 64.1 Å². The number of fused-ring (bicyclic) bond motifs is 4. The molecule has 5 rings (SSSR count). The van der Waals surface area contributed by atoms with Crippen molar-refractivity contribution in [3.05, 3.63) is 76.6 Å². The van der Waals surface area contributed by atoms with Gasteiger partial charge in [-0.15, -0.1) is 0 Å². The maximum atomic E-state index is 14.6. The Hall–Kier alpha value is -5.78. The number of ether oxygens (including phenoxy) is 3. The van der Waals surface area contributed by atoms with E-state index >= 15 is 0 Å². The summed E-state index contributed by atoms with van der Waals surface area (Å²) in [6.45, 7) is 9.55. The van der Waals surface area contributed by atoms with Crippen molar-refractivity contribution in [3.8, 4) is 11.1 Å². The Morgan fingerprint density at radius 2 is 1.57 bits per heavy atom. The van der Waals surface area contributed by atoms with Crippen LogP contribution in [0.15, 0.2) is 65.8 Å². The summed E-state index contributed by atoms with van der Waals surface area (Å²) < 4.78 is 47.9. The zero-order chi connectivity index (χ0) is 38.9. The first-order chi connectivity index (χ1) is 24.8. The fraction of sp³-hybridized carbons (Fsp3) is 0.400. The normalized spacial score (nSPS) is 14.4. The van der Waals surface area contributed by atoms with E-state index in [1.807, 2.05) is 0 Å². The summed E-state index contributed by atoms with van der Waals surface area (Å²) in [5.74, 6) is -0.595. The van der Waals surface area contributed by atoms with Crippen LogP contribution in [-0.2, 0) is 24.2 Å². The van der Waals surface area contributed by atoms with Crippen LogP contribution in [-0.4, -0.2) is 95.5 Å². The van der Waals surface area contributed by atoms with E-state index in [0.717, 1.165) is 16.4 Å². The Kier molecular flexibility index (Phi) is 10.7. The number of hydrogen-bond donors (Lipinski definition) is 0. The molecule has 0 fully saturated rings. The summed E-state index contributed by atoms with van der Waals surface area (Å²) in [7, 11) is -3.59. The fourth-order valence-electron chi connectivity index (χ4n) is 5.56. The van der Waals surface area contributed by atoms with Crippen molar-refractivity contribution >= 4 is 51.0 Å². The van der Waals surface area contributed by atoms with E-state index in [9.17, 15) is 32.9 Å². The summed E-state index contributed by atoms with van der Waals surface area (Å²) in [5.41, 5.74) is -1.66. The van der Waals surface area contributed by atoms with Crippen LogP contribution < -0.4 is 9.21 Å². The summed E-state index contributed by atoms with van der Waals surface area (Å²) in [6, 6.07) is 10.7. The molecule has 2 aromatic heterocycles. The molecule has 0 unspecified atom stereocenters. The van der Waals surface area contributed by atoms with Crippen LogP contribution in [0.2, 0.25) is 0 Å². The smallest absolute Gasteiger partial charge is 0.416 e. The van der Waals surface area contributed by atoms with Crippen molar-refractivity contribution in [3.63, 3.8) is 0 Å². The lowest BCUT2D eigenvalue weighted by Gasteiger charge is -2.31. The van der Waals surface area contributed by atoms with Crippen molar-refractivity contribution < 1.29 is 41.9 Å². The SMILES string of the molecule is COC(=O)c1cc2cc(c1)N(S(=O)(=O)c1ccccc1[N+](=O)[O-])CCN(C(=O)OC(C)(C)C)CCCN(C(=O)OC(C)(C)C)c1ccn3ncc-2c3n1. The van der Waals surface area contributed by atoms with Crippen molar-refractivity contribution in [2.75, 3.05) is 42.5 Å². The number of nitro benzene ring substituents is 1. The van der Waals surface area contributed by atoms with E-state index in [0.29, 0.717) is 5.56 Å². The second-order valence-corrected chi connectivity index (χ2v) is 16.0. The average Bonchev–Trinajstić information content (AvgIpc) is 3.50. The van der Waals surface area contributed by atoms with Gasteiger partial charge in [-0.1, -0.05) is 12.1 Å². The molecule has 0 saturated carbocycles. The third kappa shape index (κ3) is 8.65. The molecule has 4 bridgehead atoms. The van der Waals surface area contributed by atoms with Gasteiger partial charge in [-0.3, -0.25) is 19.3 Å². The van der Waals surface area contributed by atoms with Gasteiger partial charge in [0, 0.05) is 37.5 Å². The summed E-state index contributed by atoms with van der Waals surface area (Å²) in [6.07, 6.45) is 1.77. The number of nitro groups is 1. The number of rotatable bonds is 4. The lowest BCUT2D eigenvalue weighted by atomic mass is 10.0. The second kappa shape index (κ2) is 14.7. The molecular weight excluding hydrogens is 710 g/mol. The van der Waals surface area contributed by atoms with Crippen LogP contribution in [0.3, 0.4) is 0 Å². The Balaban J connectivity index is 1.78. The highest BCUT2D eigenvalue weighted by molar-refractivity contribution is 7.93. The first kappa shape index (κ1) is 38.5. The van der Waals surface area contributed by atoms with Crippen LogP contribution in [0.5, 0.6) is 0 Å². The number of esters is 1. The van der Waals surface area contributed by atoms with Crippen LogP contribution in [0.25, 0.3) is 16.8 Å². The Labute approximate surface area is 306 Å². The summed E-state index contributed by atoms with van der Waals surface area (Å²) in [5, 5.41) is 16.4. The molecule has 0 saturated heterocycles. The molecule has 1 aliphatic heterocycles. The van der Waals surface area contributed by atoms with E-state index in [4.69, 9.17) is 19.2 Å². The van der Waals surface area contributed by atoms with Gasteiger partial charge in [-0.05, 0) is 83.9 Å². The third-order valence-electron chi connectivity index (χ3n) is 7.85. The zero-order valence-corrected chi connectivity index (χ0v) is 31.2. The highest BCUT2D eigenvalue weighted by Crippen LogP contribution is 2.35. The number of anilines is 2. The number of carbonyl (C=O) groups excluding carboxylic acids is 3. The van der Waals surface area contributed by atoms with Crippen molar-refractivity contribution in [1.29, 1.82) is 0 Å². The molecule has 2 aromatic carbocycles. The van der Waals surface area contributed by atoms with Crippen LogP contribution in [0.1, 0.15) is 58.3 Å². The summed E-state index contributed by atoms with van der Waals surface area (Å²) >= 11 is 0. The molecule has 0 atom stereocenters. The minimum Gasteiger partial charge on any atom is -0.465 e. The van der Waals surface area contributed by atoms with E-state index < -0.39 is 61.4 Å². The van der Waals surface area contributed by atoms with Gasteiger partial charge >= 0.3 is 18.2 Å². The fourth-order valence-corrected chi connectivity index (χ4v) is 7.16. The largest absolute Gasteiger partial charge is 0.465 e. The van der Waals surface area contributed by atoms with Crippen LogP contribution >= 0.6 is 0 Å². The monoisotopic (exact) mass is 751 g/mol. The van der Waals surface area contributed by atoms with E-state index in [2.05, 4.69) is 5.10 Å². The molecule has 0 N–H and O–H groups in total. The highest BCUT2D eigenvalue weighted by atomic mass is 32.2. The van der Waals surface area contributed by atoms with Gasteiger partial charge in [-0.2, -0.15) is 5.10 Å². The maximum absolute atomic E-state index is 14.6. The molecule has 4 aromatic rings. The molecular formula is C35H41N7O10S. The Bertz CT molecular complexity index is 2170. The first-order valence-corrected chi connectivity index (χ1v) is 18.1. The molecule has 0 aliphatic carbocycles. The Morgan fingerprint density at radius 1 is 0.887 bits per heavy atom. The minimum absolute atomic E-state index is 0.0127. The zero-order valence-electron chi connectivity index (χ0n) is 30.4. The number of sulfonamides is 1. The molecule has 0 radical (unpaired) electrons. The van der Waals surface area contributed by atoms with Gasteiger partial charge in [0.1, 0.15) is 17.0 Å². The third-order valence-corrected chi connectivity index (χ3v) is 9.72. The van der Waals surface area contributed by atoms with Gasteiger partial charge in [0.2, 0.25) is 0 Å². The Morgan fingerprint density at radius 3 is 2.23 bits per heavy atom. The second-order valence-electron chi connectivity index (χ2n) is 14.1. The van der Waals surface area contributed by atoms with Gasteiger partial charge in [0.15, 0.2) is 10.5 Å². The van der Waals surface area contributed by atoms with E-state index in [1.165, 1.54) is 58.0 Å². The number of methoxy groups -OCH3 is 1. The van der Waals surface area contributed by atoms with Gasteiger partial charge in [0.25, 0.3) is 15.7 Å². The highest BCUT2D eigenvalue weighted by Gasteiger charge is 2.34. The van der Waals surface area contributed by atoms with Gasteiger partial charge in [-0.25, -0.2) is 32.3 Å². The molecule has 0 spiro atoms. The quantitative estimate of drug-likeness (QED) is 0.107. The molecule has 53 heavy (non-hydrogen) atoms. The number of carbonyl (C=O) groups is 3. The number of aromatic nitrogens is 3. The number of nitrogens with zero attached hydrogens (tertiary/aromatic N) is 7. The van der Waals surface area contributed by atoms with Crippen molar-refractivity contribution in [2.24, 2.45) is 0 Å². The maximum Gasteiger partial charge on any atom is 0.416 e. The molecule has 282 valence electrons. The molecule has 1 aliphatic rings. The van der Waals surface area contributed by atoms with Crippen molar-refractivity contribution in [1.82, 2.24) is 19.5 Å². The summed E-state index contributed by atoms with van der Waals surface area (Å²) in [4.78, 5) is 58.3. The minimum atomic E-state index is -4.76. The van der Waals surface area contributed by atoms with Crippen LogP contribution in [0, 0.1) is 10.1 Å². The molecule has 3 heterocycles. The topological polar surface area (TPSA) is 196 Å². The average molecular weight is 752 g/mol. The number of amides is 2. The predicted molar refractivity (Wildman–Crippen MR) is 193 cm³/mol. The lowest BCUT2D eigenvalue weighted by Crippen LogP contribution is -2.45. The van der Waals surface area contributed by atoms with E-state index in [1.54, 1.807) is 53.8 Å². The molecule has 17 nitrogen and oxygen atoms in total. The van der Waals surface area contributed by atoms with Crippen LogP contribution in [0.4, 0.5) is 26.8 Å². The standard InChI is InChI=1S/C35H41N7O10S/c1-34(2,3)51-32(44)38-14-10-15-39(33(45)52-35(4,5)6)29-13-16-40-30(37-29)26(22-36-40)23-19-24(31(43)50-7)21-25(20-23)41(18-17-38)53(48,49)28-12-9-8-11-27(28)42(46)47/h8-9,11-13,16,19-22H,10,14-15,17-18H2,1-7H3. The van der Waals surface area contributed by atoms with E-state index in [-0.39, 0.29) is 54.3 Å². The van der Waals surface area contributed by atoms with Gasteiger partial charge < -0.3 is 19.1 Å². The lowest BCUT2D eigenvalue weighted by molar-refractivity contribution is -0.387.